The summed E-state index contributed by atoms with van der Waals surface area (Å²) in [6.45, 7) is 7.08. The minimum absolute atomic E-state index is 0.00299. The highest BCUT2D eigenvalue weighted by atomic mass is 35.5. The van der Waals surface area contributed by atoms with Gasteiger partial charge in [0, 0.05) is 23.0 Å². The van der Waals surface area contributed by atoms with E-state index in [4.69, 9.17) is 11.6 Å². The van der Waals surface area contributed by atoms with Crippen LogP contribution in [0, 0.1) is 5.92 Å². The molecule has 1 aliphatic rings. The van der Waals surface area contributed by atoms with Crippen LogP contribution in [0.5, 0.6) is 0 Å². The van der Waals surface area contributed by atoms with Crippen molar-refractivity contribution in [2.75, 3.05) is 18.1 Å². The summed E-state index contributed by atoms with van der Waals surface area (Å²) >= 11 is 6.34. The molecule has 1 N–H and O–H groups in total. The first-order valence-corrected chi connectivity index (χ1v) is 9.58. The summed E-state index contributed by atoms with van der Waals surface area (Å²) in [6.07, 6.45) is 0.726. The van der Waals surface area contributed by atoms with Crippen LogP contribution in [-0.2, 0) is 9.84 Å². The largest absolute Gasteiger partial charge is 0.311 e. The first kappa shape index (κ1) is 16.8. The van der Waals surface area contributed by atoms with Gasteiger partial charge in [-0.15, -0.1) is 0 Å². The van der Waals surface area contributed by atoms with E-state index < -0.39 is 9.84 Å². The molecule has 0 radical (unpaired) electrons. The molecule has 3 nitrogen and oxygen atoms in total. The van der Waals surface area contributed by atoms with E-state index in [-0.39, 0.29) is 23.1 Å². The average molecular weight is 330 g/mol. The number of hydrogen-bond donors (Lipinski definition) is 1. The zero-order valence-electron chi connectivity index (χ0n) is 12.9. The van der Waals surface area contributed by atoms with Crippen LogP contribution in [-0.4, -0.2) is 32.0 Å². The van der Waals surface area contributed by atoms with Crippen molar-refractivity contribution in [3.05, 3.63) is 34.9 Å². The highest BCUT2D eigenvalue weighted by Gasteiger charge is 2.35. The van der Waals surface area contributed by atoms with Crippen LogP contribution in [0.3, 0.4) is 0 Å². The first-order chi connectivity index (χ1) is 9.68. The van der Waals surface area contributed by atoms with Gasteiger partial charge >= 0.3 is 0 Å². The molecule has 1 aromatic rings. The predicted molar refractivity (Wildman–Crippen MR) is 88.7 cm³/mol. The third-order valence-corrected chi connectivity index (χ3v) is 6.13. The van der Waals surface area contributed by atoms with Gasteiger partial charge in [-0.05, 0) is 44.7 Å². The minimum Gasteiger partial charge on any atom is -0.311 e. The average Bonchev–Trinajstić information content (AvgIpc) is 2.71. The van der Waals surface area contributed by atoms with Gasteiger partial charge in [0.05, 0.1) is 11.5 Å². The summed E-state index contributed by atoms with van der Waals surface area (Å²) in [6, 6.07) is 7.77. The molecule has 1 saturated heterocycles. The van der Waals surface area contributed by atoms with Crippen LogP contribution >= 0.6 is 11.6 Å². The van der Waals surface area contributed by atoms with E-state index in [9.17, 15) is 8.42 Å². The normalized spacial score (nSPS) is 23.1. The Morgan fingerprint density at radius 2 is 2.00 bits per heavy atom. The Kier molecular flexibility index (Phi) is 5.01. The molecule has 1 heterocycles. The lowest BCUT2D eigenvalue weighted by atomic mass is 9.85. The van der Waals surface area contributed by atoms with Gasteiger partial charge in [0.2, 0.25) is 0 Å². The van der Waals surface area contributed by atoms with Crippen molar-refractivity contribution in [1.29, 1.82) is 0 Å². The molecule has 2 rings (SSSR count). The fraction of sp³-hybridized carbons (Fsp3) is 0.625. The summed E-state index contributed by atoms with van der Waals surface area (Å²) in [5.41, 5.74) is 1.05. The van der Waals surface area contributed by atoms with Crippen molar-refractivity contribution in [2.24, 2.45) is 5.92 Å². The Balaban J connectivity index is 2.25. The highest BCUT2D eigenvalue weighted by Crippen LogP contribution is 2.36. The number of sulfone groups is 1. The fourth-order valence-electron chi connectivity index (χ4n) is 2.86. The van der Waals surface area contributed by atoms with Crippen molar-refractivity contribution >= 4 is 21.4 Å². The number of hydrogen-bond acceptors (Lipinski definition) is 3. The Morgan fingerprint density at radius 1 is 1.33 bits per heavy atom. The Hall–Kier alpha value is -0.580. The maximum absolute atomic E-state index is 11.8. The molecule has 118 valence electrons. The molecule has 1 fully saturated rings. The molecule has 0 aromatic heterocycles. The fourth-order valence-corrected chi connectivity index (χ4v) is 5.02. The van der Waals surface area contributed by atoms with Gasteiger partial charge in [0.1, 0.15) is 0 Å². The standard InChI is InChI=1S/C16H24ClNO2S/c1-16(2,3)18-10-14(12-8-9-21(19,20)11-12)13-6-4-5-7-15(13)17/h4-7,12,14,18H,8-11H2,1-3H3. The van der Waals surface area contributed by atoms with Crippen LogP contribution in [0.4, 0.5) is 0 Å². The zero-order chi connectivity index (χ0) is 15.7. The van der Waals surface area contributed by atoms with Gasteiger partial charge in [0.25, 0.3) is 0 Å². The smallest absolute Gasteiger partial charge is 0.150 e. The maximum Gasteiger partial charge on any atom is 0.150 e. The number of benzene rings is 1. The molecule has 0 saturated carbocycles. The number of rotatable bonds is 4. The summed E-state index contributed by atoms with van der Waals surface area (Å²) in [7, 11) is -2.89. The molecular weight excluding hydrogens is 306 g/mol. The van der Waals surface area contributed by atoms with Crippen LogP contribution in [0.1, 0.15) is 38.7 Å². The van der Waals surface area contributed by atoms with Gasteiger partial charge in [-0.1, -0.05) is 29.8 Å². The lowest BCUT2D eigenvalue weighted by Gasteiger charge is -2.29. The number of halogens is 1. The molecule has 1 aromatic carbocycles. The summed E-state index contributed by atoms with van der Waals surface area (Å²) in [5.74, 6) is 0.850. The Labute approximate surface area is 133 Å². The summed E-state index contributed by atoms with van der Waals surface area (Å²) < 4.78 is 23.6. The molecule has 2 unspecified atom stereocenters. The van der Waals surface area contributed by atoms with Crippen LogP contribution < -0.4 is 5.32 Å². The summed E-state index contributed by atoms with van der Waals surface area (Å²) in [4.78, 5) is 0. The molecule has 0 spiro atoms. The molecule has 0 amide bonds. The minimum atomic E-state index is -2.89. The third kappa shape index (κ3) is 4.70. The van der Waals surface area contributed by atoms with Gasteiger partial charge < -0.3 is 5.32 Å². The van der Waals surface area contributed by atoms with Crippen molar-refractivity contribution in [3.8, 4) is 0 Å². The molecule has 5 heteroatoms. The molecule has 0 bridgehead atoms. The second-order valence-electron chi connectivity index (χ2n) is 6.92. The van der Waals surface area contributed by atoms with Crippen molar-refractivity contribution in [1.82, 2.24) is 5.32 Å². The lowest BCUT2D eigenvalue weighted by Crippen LogP contribution is -2.40. The van der Waals surface area contributed by atoms with Gasteiger partial charge in [-0.25, -0.2) is 8.42 Å². The van der Waals surface area contributed by atoms with Crippen molar-refractivity contribution in [2.45, 2.75) is 38.6 Å². The van der Waals surface area contributed by atoms with E-state index in [0.29, 0.717) is 5.75 Å². The van der Waals surface area contributed by atoms with E-state index in [0.717, 1.165) is 23.6 Å². The highest BCUT2D eigenvalue weighted by molar-refractivity contribution is 7.91. The van der Waals surface area contributed by atoms with Crippen LogP contribution in [0.2, 0.25) is 5.02 Å². The molecule has 0 aliphatic carbocycles. The van der Waals surface area contributed by atoms with Crippen LogP contribution in [0.25, 0.3) is 0 Å². The van der Waals surface area contributed by atoms with E-state index in [1.807, 2.05) is 24.3 Å². The first-order valence-electron chi connectivity index (χ1n) is 7.38. The zero-order valence-corrected chi connectivity index (χ0v) is 14.5. The Morgan fingerprint density at radius 3 is 2.52 bits per heavy atom. The molecule has 2 atom stereocenters. The Bertz CT molecular complexity index is 593. The third-order valence-electron chi connectivity index (χ3n) is 3.99. The van der Waals surface area contributed by atoms with Gasteiger partial charge in [-0.3, -0.25) is 0 Å². The van der Waals surface area contributed by atoms with Gasteiger partial charge in [0.15, 0.2) is 9.84 Å². The van der Waals surface area contributed by atoms with Crippen molar-refractivity contribution < 1.29 is 8.42 Å². The lowest BCUT2D eigenvalue weighted by molar-refractivity contribution is 0.363. The van der Waals surface area contributed by atoms with Crippen molar-refractivity contribution in [3.63, 3.8) is 0 Å². The SMILES string of the molecule is CC(C)(C)NCC(c1ccccc1Cl)C1CCS(=O)(=O)C1. The monoisotopic (exact) mass is 329 g/mol. The molecule has 1 aliphatic heterocycles. The van der Waals surface area contributed by atoms with Crippen LogP contribution in [0.15, 0.2) is 24.3 Å². The molecular formula is C16H24ClNO2S. The second kappa shape index (κ2) is 6.27. The maximum atomic E-state index is 11.8. The van der Waals surface area contributed by atoms with E-state index in [2.05, 4.69) is 26.1 Å². The van der Waals surface area contributed by atoms with Gasteiger partial charge in [-0.2, -0.15) is 0 Å². The molecule has 21 heavy (non-hydrogen) atoms. The van der Waals surface area contributed by atoms with E-state index in [1.165, 1.54) is 0 Å². The predicted octanol–water partition coefficient (Wildman–Crippen LogP) is 3.25. The van der Waals surface area contributed by atoms with E-state index in [1.54, 1.807) is 0 Å². The topological polar surface area (TPSA) is 46.2 Å². The quantitative estimate of drug-likeness (QED) is 0.922. The number of nitrogens with one attached hydrogen (secondary N) is 1. The second-order valence-corrected chi connectivity index (χ2v) is 9.56. The summed E-state index contributed by atoms with van der Waals surface area (Å²) in [5, 5.41) is 4.22. The van der Waals surface area contributed by atoms with E-state index >= 15 is 0 Å².